The first-order valence-electron chi connectivity index (χ1n) is 10.8. The van der Waals surface area contributed by atoms with E-state index in [0.717, 1.165) is 11.4 Å². The predicted molar refractivity (Wildman–Crippen MR) is 129 cm³/mol. The SMILES string of the molecule is COc1cc2ncc(N3CCC(C(=O)Nc4cc(S(N)(=O)=O)ccc4C)CC3)nc2cc1OC. The molecule has 1 saturated heterocycles. The van der Waals surface area contributed by atoms with Gasteiger partial charge in [-0.25, -0.2) is 18.5 Å². The number of rotatable bonds is 6. The number of fused-ring (bicyclic) bond motifs is 1. The number of hydrogen-bond donors (Lipinski definition) is 2. The molecule has 4 rings (SSSR count). The molecule has 1 aliphatic heterocycles. The highest BCUT2D eigenvalue weighted by molar-refractivity contribution is 7.89. The Morgan fingerprint density at radius 3 is 2.35 bits per heavy atom. The van der Waals surface area contributed by atoms with Crippen LogP contribution in [0.3, 0.4) is 0 Å². The van der Waals surface area contributed by atoms with Gasteiger partial charge in [-0.1, -0.05) is 6.07 Å². The van der Waals surface area contributed by atoms with Crippen molar-refractivity contribution in [1.82, 2.24) is 9.97 Å². The molecule has 0 saturated carbocycles. The molecule has 11 heteroatoms. The molecule has 0 unspecified atom stereocenters. The largest absolute Gasteiger partial charge is 0.493 e. The Balaban J connectivity index is 1.44. The zero-order valence-electron chi connectivity index (χ0n) is 19.2. The minimum absolute atomic E-state index is 0.0349. The fraction of sp³-hybridized carbons (Fsp3) is 0.348. The average molecular weight is 486 g/mol. The van der Waals surface area contributed by atoms with Crippen molar-refractivity contribution in [2.45, 2.75) is 24.7 Å². The van der Waals surface area contributed by atoms with Crippen LogP contribution in [-0.4, -0.2) is 51.6 Å². The Hall–Kier alpha value is -3.44. The van der Waals surface area contributed by atoms with Crippen LogP contribution in [0.1, 0.15) is 18.4 Å². The first-order valence-corrected chi connectivity index (χ1v) is 12.3. The zero-order valence-corrected chi connectivity index (χ0v) is 20.1. The van der Waals surface area contributed by atoms with E-state index in [2.05, 4.69) is 15.2 Å². The van der Waals surface area contributed by atoms with E-state index < -0.39 is 10.0 Å². The highest BCUT2D eigenvalue weighted by atomic mass is 32.2. The van der Waals surface area contributed by atoms with Gasteiger partial charge in [0, 0.05) is 36.8 Å². The number of amides is 1. The van der Waals surface area contributed by atoms with Gasteiger partial charge in [-0.15, -0.1) is 0 Å². The minimum atomic E-state index is -3.85. The Kier molecular flexibility index (Phi) is 6.58. The maximum Gasteiger partial charge on any atom is 0.238 e. The molecule has 0 spiro atoms. The second kappa shape index (κ2) is 9.43. The summed E-state index contributed by atoms with van der Waals surface area (Å²) in [6, 6.07) is 8.03. The number of primary sulfonamides is 1. The lowest BCUT2D eigenvalue weighted by Gasteiger charge is -2.32. The number of nitrogens with one attached hydrogen (secondary N) is 1. The van der Waals surface area contributed by atoms with Crippen LogP contribution in [0.15, 0.2) is 41.4 Å². The molecule has 0 atom stereocenters. The molecule has 3 N–H and O–H groups in total. The number of aryl methyl sites for hydroxylation is 1. The van der Waals surface area contributed by atoms with Crippen LogP contribution in [0.2, 0.25) is 0 Å². The van der Waals surface area contributed by atoms with E-state index in [1.165, 1.54) is 12.1 Å². The first kappa shape index (κ1) is 23.7. The molecule has 34 heavy (non-hydrogen) atoms. The van der Waals surface area contributed by atoms with Crippen molar-refractivity contribution in [3.05, 3.63) is 42.1 Å². The number of sulfonamides is 1. The lowest BCUT2D eigenvalue weighted by molar-refractivity contribution is -0.120. The number of nitrogens with zero attached hydrogens (tertiary/aromatic N) is 3. The second-order valence-corrected chi connectivity index (χ2v) is 9.76. The van der Waals surface area contributed by atoms with E-state index in [1.807, 2.05) is 0 Å². The molecule has 0 bridgehead atoms. The molecule has 1 aromatic heterocycles. The molecule has 2 heterocycles. The summed E-state index contributed by atoms with van der Waals surface area (Å²) in [7, 11) is -0.704. The van der Waals surface area contributed by atoms with Gasteiger partial charge in [0.1, 0.15) is 5.82 Å². The fourth-order valence-corrected chi connectivity index (χ4v) is 4.54. The van der Waals surface area contributed by atoms with Crippen LogP contribution in [0, 0.1) is 12.8 Å². The van der Waals surface area contributed by atoms with Gasteiger partial charge in [-0.05, 0) is 37.5 Å². The van der Waals surface area contributed by atoms with Gasteiger partial charge in [0.05, 0.1) is 36.3 Å². The number of hydrogen-bond acceptors (Lipinski definition) is 8. The number of carbonyl (C=O) groups is 1. The standard InChI is InChI=1S/C23H27N5O5S/c1-14-4-5-16(34(24,30)31)10-17(14)27-23(29)15-6-8-28(9-7-15)22-13-25-18-11-20(32-2)21(33-3)12-19(18)26-22/h4-5,10-13,15H,6-9H2,1-3H3,(H,27,29)(H2,24,30,31). The van der Waals surface area contributed by atoms with E-state index in [0.29, 0.717) is 54.2 Å². The number of carbonyl (C=O) groups excluding carboxylic acids is 1. The summed E-state index contributed by atoms with van der Waals surface area (Å²) in [6.45, 7) is 3.08. The van der Waals surface area contributed by atoms with Gasteiger partial charge < -0.3 is 19.7 Å². The Morgan fingerprint density at radius 1 is 1.09 bits per heavy atom. The van der Waals surface area contributed by atoms with E-state index in [1.54, 1.807) is 45.5 Å². The first-order chi connectivity index (χ1) is 16.2. The number of benzene rings is 2. The fourth-order valence-electron chi connectivity index (χ4n) is 4.00. The van der Waals surface area contributed by atoms with Gasteiger partial charge in [0.25, 0.3) is 0 Å². The maximum atomic E-state index is 12.9. The summed E-state index contributed by atoms with van der Waals surface area (Å²) < 4.78 is 34.0. The third kappa shape index (κ3) is 4.90. The molecular formula is C23H27N5O5S. The van der Waals surface area contributed by atoms with Gasteiger partial charge in [-0.3, -0.25) is 9.78 Å². The lowest BCUT2D eigenvalue weighted by atomic mass is 9.95. The highest BCUT2D eigenvalue weighted by Crippen LogP contribution is 2.32. The van der Waals surface area contributed by atoms with Crippen molar-refractivity contribution in [2.24, 2.45) is 11.1 Å². The lowest BCUT2D eigenvalue weighted by Crippen LogP contribution is -2.38. The van der Waals surface area contributed by atoms with Crippen LogP contribution in [0.5, 0.6) is 11.5 Å². The van der Waals surface area contributed by atoms with Crippen molar-refractivity contribution in [2.75, 3.05) is 37.5 Å². The van der Waals surface area contributed by atoms with Crippen molar-refractivity contribution in [3.63, 3.8) is 0 Å². The number of anilines is 2. The quantitative estimate of drug-likeness (QED) is 0.543. The van der Waals surface area contributed by atoms with E-state index >= 15 is 0 Å². The smallest absolute Gasteiger partial charge is 0.238 e. The van der Waals surface area contributed by atoms with Crippen LogP contribution >= 0.6 is 0 Å². The topological polar surface area (TPSA) is 137 Å². The Morgan fingerprint density at radius 2 is 1.74 bits per heavy atom. The molecule has 1 aliphatic rings. The third-order valence-corrected chi connectivity index (χ3v) is 6.93. The second-order valence-electron chi connectivity index (χ2n) is 8.20. The maximum absolute atomic E-state index is 12.9. The number of methoxy groups -OCH3 is 2. The molecule has 10 nitrogen and oxygen atoms in total. The summed E-state index contributed by atoms with van der Waals surface area (Å²) in [5.74, 6) is 1.56. The van der Waals surface area contributed by atoms with Crippen molar-refractivity contribution in [3.8, 4) is 11.5 Å². The summed E-state index contributed by atoms with van der Waals surface area (Å²) in [4.78, 5) is 24.2. The van der Waals surface area contributed by atoms with E-state index in [-0.39, 0.29) is 16.7 Å². The van der Waals surface area contributed by atoms with Gasteiger partial charge in [-0.2, -0.15) is 0 Å². The number of ether oxygens (including phenoxy) is 2. The van der Waals surface area contributed by atoms with Crippen LogP contribution < -0.4 is 24.8 Å². The van der Waals surface area contributed by atoms with E-state index in [9.17, 15) is 13.2 Å². The number of piperidine rings is 1. The molecule has 2 aromatic carbocycles. The number of nitrogens with two attached hydrogens (primary N) is 1. The van der Waals surface area contributed by atoms with E-state index in [4.69, 9.17) is 19.6 Å². The van der Waals surface area contributed by atoms with Crippen LogP contribution in [0.4, 0.5) is 11.5 Å². The Labute approximate surface area is 198 Å². The summed E-state index contributed by atoms with van der Waals surface area (Å²) in [6.07, 6.45) is 2.98. The molecule has 180 valence electrons. The molecule has 3 aromatic rings. The summed E-state index contributed by atoms with van der Waals surface area (Å²) in [5, 5.41) is 8.08. The highest BCUT2D eigenvalue weighted by Gasteiger charge is 2.26. The Bertz CT molecular complexity index is 1340. The molecule has 1 fully saturated rings. The molecular weight excluding hydrogens is 458 g/mol. The van der Waals surface area contributed by atoms with Crippen molar-refractivity contribution in [1.29, 1.82) is 0 Å². The predicted octanol–water partition coefficient (Wildman–Crippen LogP) is 2.46. The molecule has 0 radical (unpaired) electrons. The summed E-state index contributed by atoms with van der Waals surface area (Å²) >= 11 is 0. The van der Waals surface area contributed by atoms with Crippen molar-refractivity contribution < 1.29 is 22.7 Å². The molecule has 0 aliphatic carbocycles. The molecule has 1 amide bonds. The average Bonchev–Trinajstić information content (AvgIpc) is 2.83. The monoisotopic (exact) mass is 485 g/mol. The van der Waals surface area contributed by atoms with Gasteiger partial charge in [0.2, 0.25) is 15.9 Å². The minimum Gasteiger partial charge on any atom is -0.493 e. The zero-order chi connectivity index (χ0) is 24.5. The summed E-state index contributed by atoms with van der Waals surface area (Å²) in [5.41, 5.74) is 2.60. The van der Waals surface area contributed by atoms with Gasteiger partial charge in [0.15, 0.2) is 11.5 Å². The van der Waals surface area contributed by atoms with Crippen LogP contribution in [-0.2, 0) is 14.8 Å². The van der Waals surface area contributed by atoms with Gasteiger partial charge >= 0.3 is 0 Å². The third-order valence-electron chi connectivity index (χ3n) is 6.02. The number of aromatic nitrogens is 2. The van der Waals surface area contributed by atoms with Crippen molar-refractivity contribution >= 4 is 38.5 Å². The normalized spacial score (nSPS) is 14.8. The van der Waals surface area contributed by atoms with Crippen LogP contribution in [0.25, 0.3) is 11.0 Å².